The Morgan fingerprint density at radius 1 is 1.38 bits per heavy atom. The highest BCUT2D eigenvalue weighted by molar-refractivity contribution is 5.12. The zero-order chi connectivity index (χ0) is 11.4. The summed E-state index contributed by atoms with van der Waals surface area (Å²) >= 11 is 0. The van der Waals surface area contributed by atoms with E-state index in [4.69, 9.17) is 5.73 Å². The maximum atomic E-state index is 6.02. The quantitative estimate of drug-likeness (QED) is 0.846. The summed E-state index contributed by atoms with van der Waals surface area (Å²) in [6, 6.07) is 4.04. The molecule has 0 saturated carbocycles. The largest absolute Gasteiger partial charge is 0.329 e. The molecule has 0 saturated heterocycles. The maximum Gasteiger partial charge on any atom is 0.0951 e. The number of nitrogens with zero attached hydrogens (tertiary/aromatic N) is 3. The summed E-state index contributed by atoms with van der Waals surface area (Å²) < 4.78 is 2.07. The Balaban J connectivity index is 2.19. The molecule has 0 unspecified atom stereocenters. The van der Waals surface area contributed by atoms with Crippen molar-refractivity contribution in [2.45, 2.75) is 25.9 Å². The second-order valence-electron chi connectivity index (χ2n) is 3.82. The van der Waals surface area contributed by atoms with Crippen LogP contribution in [-0.2, 0) is 6.54 Å². The van der Waals surface area contributed by atoms with E-state index in [0.29, 0.717) is 0 Å². The number of hydrogen-bond donors (Lipinski definition) is 1. The molecule has 2 heterocycles. The second-order valence-corrected chi connectivity index (χ2v) is 3.82. The molecule has 4 nitrogen and oxygen atoms in total. The van der Waals surface area contributed by atoms with E-state index >= 15 is 0 Å². The lowest BCUT2D eigenvalue weighted by molar-refractivity contribution is 0.618. The predicted octanol–water partition coefficient (Wildman–Crippen LogP) is 1.74. The predicted molar refractivity (Wildman–Crippen MR) is 62.8 cm³/mol. The summed E-state index contributed by atoms with van der Waals surface area (Å²) in [6.07, 6.45) is 8.21. The van der Waals surface area contributed by atoms with E-state index < -0.39 is 0 Å². The molecule has 0 radical (unpaired) electrons. The Hall–Kier alpha value is -1.68. The number of aromatic nitrogens is 3. The van der Waals surface area contributed by atoms with Crippen LogP contribution in [0.4, 0.5) is 0 Å². The minimum Gasteiger partial charge on any atom is -0.329 e. The van der Waals surface area contributed by atoms with Crippen molar-refractivity contribution in [1.82, 2.24) is 14.5 Å². The van der Waals surface area contributed by atoms with Crippen LogP contribution in [-0.4, -0.2) is 14.5 Å². The molecule has 0 aliphatic heterocycles. The summed E-state index contributed by atoms with van der Waals surface area (Å²) in [4.78, 5) is 8.24. The minimum absolute atomic E-state index is 0.0548. The highest BCUT2D eigenvalue weighted by Gasteiger charge is 2.09. The van der Waals surface area contributed by atoms with Crippen LogP contribution in [0.15, 0.2) is 37.1 Å². The molecule has 0 fully saturated rings. The van der Waals surface area contributed by atoms with E-state index in [0.717, 1.165) is 24.2 Å². The highest BCUT2D eigenvalue weighted by Crippen LogP contribution is 2.14. The summed E-state index contributed by atoms with van der Waals surface area (Å²) in [5.74, 6) is 0. The van der Waals surface area contributed by atoms with Gasteiger partial charge in [-0.1, -0.05) is 13.0 Å². The van der Waals surface area contributed by atoms with Gasteiger partial charge < -0.3 is 10.3 Å². The summed E-state index contributed by atoms with van der Waals surface area (Å²) in [7, 11) is 0. The van der Waals surface area contributed by atoms with E-state index in [1.807, 2.05) is 30.9 Å². The van der Waals surface area contributed by atoms with Gasteiger partial charge in [-0.3, -0.25) is 4.98 Å². The molecule has 2 rings (SSSR count). The molecule has 1 atom stereocenters. The third-order valence-corrected chi connectivity index (χ3v) is 2.64. The third kappa shape index (κ3) is 2.28. The summed E-state index contributed by atoms with van der Waals surface area (Å²) in [5, 5.41) is 0. The van der Waals surface area contributed by atoms with Crippen LogP contribution in [0.5, 0.6) is 0 Å². The van der Waals surface area contributed by atoms with Crippen molar-refractivity contribution in [2.75, 3.05) is 0 Å². The minimum atomic E-state index is 0.0548. The number of nitrogens with two attached hydrogens (primary N) is 1. The van der Waals surface area contributed by atoms with Crippen LogP contribution in [0.25, 0.3) is 0 Å². The lowest BCUT2D eigenvalue weighted by atomic mass is 10.2. The van der Waals surface area contributed by atoms with Crippen LogP contribution in [0.2, 0.25) is 0 Å². The van der Waals surface area contributed by atoms with Gasteiger partial charge in [-0.25, -0.2) is 4.98 Å². The summed E-state index contributed by atoms with van der Waals surface area (Å²) in [6.45, 7) is 2.85. The van der Waals surface area contributed by atoms with Gasteiger partial charge in [0.15, 0.2) is 0 Å². The van der Waals surface area contributed by atoms with Gasteiger partial charge in [-0.05, 0) is 18.1 Å². The van der Waals surface area contributed by atoms with Crippen LogP contribution in [0, 0.1) is 0 Å². The lowest BCUT2D eigenvalue weighted by Gasteiger charge is -2.12. The van der Waals surface area contributed by atoms with Crippen LogP contribution < -0.4 is 5.73 Å². The first-order valence-corrected chi connectivity index (χ1v) is 5.45. The van der Waals surface area contributed by atoms with Crippen LogP contribution in [0.1, 0.15) is 30.6 Å². The molecule has 0 amide bonds. The van der Waals surface area contributed by atoms with Crippen molar-refractivity contribution in [2.24, 2.45) is 5.73 Å². The Labute approximate surface area is 95.1 Å². The van der Waals surface area contributed by atoms with Gasteiger partial charge in [-0.15, -0.1) is 0 Å². The van der Waals surface area contributed by atoms with Crippen molar-refractivity contribution in [3.63, 3.8) is 0 Å². The molecule has 0 bridgehead atoms. The second kappa shape index (κ2) is 4.90. The molecule has 0 spiro atoms. The fourth-order valence-corrected chi connectivity index (χ4v) is 1.67. The fraction of sp³-hybridized carbons (Fsp3) is 0.333. The lowest BCUT2D eigenvalue weighted by Crippen LogP contribution is -2.14. The monoisotopic (exact) mass is 216 g/mol. The molecule has 84 valence electrons. The van der Waals surface area contributed by atoms with Crippen molar-refractivity contribution < 1.29 is 0 Å². The van der Waals surface area contributed by atoms with E-state index in [1.54, 1.807) is 6.20 Å². The molecule has 16 heavy (non-hydrogen) atoms. The molecule has 4 heteroatoms. The maximum absolute atomic E-state index is 6.02. The van der Waals surface area contributed by atoms with Crippen LogP contribution in [0.3, 0.4) is 0 Å². The zero-order valence-electron chi connectivity index (χ0n) is 9.37. The zero-order valence-corrected chi connectivity index (χ0v) is 9.37. The normalized spacial score (nSPS) is 12.6. The van der Waals surface area contributed by atoms with E-state index in [9.17, 15) is 0 Å². The van der Waals surface area contributed by atoms with Gasteiger partial charge >= 0.3 is 0 Å². The Bertz CT molecular complexity index is 435. The molecule has 2 N–H and O–H groups in total. The van der Waals surface area contributed by atoms with Gasteiger partial charge in [-0.2, -0.15) is 0 Å². The van der Waals surface area contributed by atoms with E-state index in [2.05, 4.69) is 21.5 Å². The highest BCUT2D eigenvalue weighted by atomic mass is 15.1. The van der Waals surface area contributed by atoms with Crippen LogP contribution >= 0.6 is 0 Å². The Morgan fingerprint density at radius 2 is 2.25 bits per heavy atom. The van der Waals surface area contributed by atoms with Crippen molar-refractivity contribution in [3.05, 3.63) is 48.3 Å². The van der Waals surface area contributed by atoms with Crippen molar-refractivity contribution in [3.8, 4) is 0 Å². The standard InChI is InChI=1S/C12H16N4/c1-2-11(13)12-7-15-9-16(12)8-10-4-3-5-14-6-10/h3-7,9,11H,2,8,13H2,1H3/t11-/m1/s1. The topological polar surface area (TPSA) is 56.7 Å². The number of rotatable bonds is 4. The molecule has 2 aromatic heterocycles. The average molecular weight is 216 g/mol. The van der Waals surface area contributed by atoms with Gasteiger partial charge in [0.2, 0.25) is 0 Å². The van der Waals surface area contributed by atoms with Crippen molar-refractivity contribution >= 4 is 0 Å². The third-order valence-electron chi connectivity index (χ3n) is 2.64. The van der Waals surface area contributed by atoms with E-state index in [1.165, 1.54) is 0 Å². The van der Waals surface area contributed by atoms with Crippen molar-refractivity contribution in [1.29, 1.82) is 0 Å². The molecule has 0 aliphatic carbocycles. The molecule has 2 aromatic rings. The van der Waals surface area contributed by atoms with E-state index in [-0.39, 0.29) is 6.04 Å². The molecule has 0 aromatic carbocycles. The summed E-state index contributed by atoms with van der Waals surface area (Å²) in [5.41, 5.74) is 8.25. The first-order valence-electron chi connectivity index (χ1n) is 5.45. The van der Waals surface area contributed by atoms with Gasteiger partial charge in [0.1, 0.15) is 0 Å². The fourth-order valence-electron chi connectivity index (χ4n) is 1.67. The van der Waals surface area contributed by atoms with Gasteiger partial charge in [0.05, 0.1) is 18.6 Å². The smallest absolute Gasteiger partial charge is 0.0951 e. The molecule has 0 aliphatic rings. The van der Waals surface area contributed by atoms with Gasteiger partial charge in [0.25, 0.3) is 0 Å². The number of hydrogen-bond acceptors (Lipinski definition) is 3. The average Bonchev–Trinajstić information content (AvgIpc) is 2.77. The number of pyridine rings is 1. The van der Waals surface area contributed by atoms with Gasteiger partial charge in [0, 0.05) is 24.6 Å². The Morgan fingerprint density at radius 3 is 2.94 bits per heavy atom. The molecular weight excluding hydrogens is 200 g/mol. The molecular formula is C12H16N4. The SMILES string of the molecule is CC[C@@H](N)c1cncn1Cc1cccnc1. The number of imidazole rings is 1. The Kier molecular flexibility index (Phi) is 3.31. The first kappa shape index (κ1) is 10.8. The first-order chi connectivity index (χ1) is 7.81.